The summed E-state index contributed by atoms with van der Waals surface area (Å²) < 4.78 is 11.5. The third-order valence-corrected chi connectivity index (χ3v) is 3.40. The summed E-state index contributed by atoms with van der Waals surface area (Å²) in [6.07, 6.45) is 0.400. The summed E-state index contributed by atoms with van der Waals surface area (Å²) in [7, 11) is 0. The van der Waals surface area contributed by atoms with Crippen LogP contribution in [0.3, 0.4) is 0 Å². The van der Waals surface area contributed by atoms with Crippen LogP contribution in [0.4, 0.5) is 0 Å². The minimum absolute atomic E-state index is 0.0540. The summed E-state index contributed by atoms with van der Waals surface area (Å²) in [4.78, 5) is 14.4. The molecule has 1 aromatic rings. The van der Waals surface area contributed by atoms with Gasteiger partial charge in [0.2, 0.25) is 0 Å². The molecule has 0 saturated carbocycles. The number of benzene rings is 1. The Hall–Kier alpha value is -1.55. The second-order valence-corrected chi connectivity index (χ2v) is 5.33. The number of para-hydroxylation sites is 1. The molecule has 0 unspecified atom stereocenters. The Morgan fingerprint density at radius 3 is 2.45 bits per heavy atom. The number of nitrogens with zero attached hydrogens (tertiary/aromatic N) is 1. The van der Waals surface area contributed by atoms with Gasteiger partial charge in [0.25, 0.3) is 5.91 Å². The van der Waals surface area contributed by atoms with E-state index in [1.54, 1.807) is 0 Å². The molecular formula is C16H23NO3. The van der Waals surface area contributed by atoms with Crippen molar-refractivity contribution in [1.82, 2.24) is 4.90 Å². The number of hydrogen-bond acceptors (Lipinski definition) is 3. The van der Waals surface area contributed by atoms with Gasteiger partial charge >= 0.3 is 0 Å². The van der Waals surface area contributed by atoms with E-state index in [4.69, 9.17) is 9.47 Å². The first-order valence-corrected chi connectivity index (χ1v) is 7.26. The van der Waals surface area contributed by atoms with Crippen molar-refractivity contribution in [2.24, 2.45) is 0 Å². The second kappa shape index (κ2) is 6.75. The highest BCUT2D eigenvalue weighted by Crippen LogP contribution is 2.17. The zero-order chi connectivity index (χ0) is 14.5. The normalized spacial score (nSPS) is 24.2. The Kier molecular flexibility index (Phi) is 5.01. The number of ether oxygens (including phenoxy) is 2. The highest BCUT2D eigenvalue weighted by atomic mass is 16.5. The Morgan fingerprint density at radius 1 is 1.30 bits per heavy atom. The molecule has 1 aliphatic rings. The first-order valence-electron chi connectivity index (χ1n) is 7.26. The van der Waals surface area contributed by atoms with E-state index in [-0.39, 0.29) is 18.1 Å². The number of carbonyl (C=O) groups excluding carboxylic acids is 1. The minimum Gasteiger partial charge on any atom is -0.481 e. The molecule has 0 aliphatic carbocycles. The molecule has 4 nitrogen and oxygen atoms in total. The van der Waals surface area contributed by atoms with Crippen LogP contribution in [0.1, 0.15) is 27.2 Å². The van der Waals surface area contributed by atoms with Crippen LogP contribution in [-0.2, 0) is 9.53 Å². The molecule has 4 heteroatoms. The summed E-state index contributed by atoms with van der Waals surface area (Å²) in [5, 5.41) is 0. The van der Waals surface area contributed by atoms with Crippen molar-refractivity contribution < 1.29 is 14.3 Å². The van der Waals surface area contributed by atoms with Gasteiger partial charge in [-0.05, 0) is 32.4 Å². The van der Waals surface area contributed by atoms with E-state index in [2.05, 4.69) is 0 Å². The number of carbonyl (C=O) groups is 1. The van der Waals surface area contributed by atoms with Crippen LogP contribution in [0.2, 0.25) is 0 Å². The lowest BCUT2D eigenvalue weighted by atomic mass is 10.1. The largest absolute Gasteiger partial charge is 0.481 e. The highest BCUT2D eigenvalue weighted by Gasteiger charge is 2.30. The van der Waals surface area contributed by atoms with Crippen LogP contribution in [0.25, 0.3) is 0 Å². The molecular weight excluding hydrogens is 254 g/mol. The predicted molar refractivity (Wildman–Crippen MR) is 77.7 cm³/mol. The smallest absolute Gasteiger partial charge is 0.263 e. The monoisotopic (exact) mass is 277 g/mol. The molecule has 0 aromatic heterocycles. The van der Waals surface area contributed by atoms with Crippen molar-refractivity contribution in [3.63, 3.8) is 0 Å². The number of morpholine rings is 1. The maximum Gasteiger partial charge on any atom is 0.263 e. The van der Waals surface area contributed by atoms with E-state index < -0.39 is 6.10 Å². The maximum atomic E-state index is 12.6. The minimum atomic E-state index is -0.421. The molecule has 1 heterocycles. The second-order valence-electron chi connectivity index (χ2n) is 5.33. The summed E-state index contributed by atoms with van der Waals surface area (Å²) in [6, 6.07) is 9.50. The van der Waals surface area contributed by atoms with E-state index >= 15 is 0 Å². The first kappa shape index (κ1) is 14.9. The van der Waals surface area contributed by atoms with Crippen LogP contribution < -0.4 is 4.74 Å². The van der Waals surface area contributed by atoms with Crippen LogP contribution in [-0.4, -0.2) is 42.2 Å². The lowest BCUT2D eigenvalue weighted by molar-refractivity contribution is -0.150. The molecule has 0 bridgehead atoms. The van der Waals surface area contributed by atoms with Gasteiger partial charge in [-0.15, -0.1) is 0 Å². The van der Waals surface area contributed by atoms with Crippen molar-refractivity contribution in [2.45, 2.75) is 45.5 Å². The zero-order valence-corrected chi connectivity index (χ0v) is 12.4. The quantitative estimate of drug-likeness (QED) is 0.848. The van der Waals surface area contributed by atoms with Gasteiger partial charge in [0, 0.05) is 13.1 Å². The average Bonchev–Trinajstić information content (AvgIpc) is 2.44. The molecule has 3 atom stereocenters. The predicted octanol–water partition coefficient (Wildman–Crippen LogP) is 2.48. The maximum absolute atomic E-state index is 12.6. The third kappa shape index (κ3) is 3.73. The third-order valence-electron chi connectivity index (χ3n) is 3.40. The van der Waals surface area contributed by atoms with Crippen LogP contribution in [0.15, 0.2) is 30.3 Å². The van der Waals surface area contributed by atoms with Crippen molar-refractivity contribution >= 4 is 5.91 Å². The van der Waals surface area contributed by atoms with Crippen LogP contribution in [0.5, 0.6) is 5.75 Å². The van der Waals surface area contributed by atoms with Gasteiger partial charge < -0.3 is 14.4 Å². The van der Waals surface area contributed by atoms with Crippen LogP contribution >= 0.6 is 0 Å². The lowest BCUT2D eigenvalue weighted by Gasteiger charge is -2.36. The Morgan fingerprint density at radius 2 is 1.90 bits per heavy atom. The summed E-state index contributed by atoms with van der Waals surface area (Å²) in [6.45, 7) is 7.23. The fraction of sp³-hybridized carbons (Fsp3) is 0.562. The highest BCUT2D eigenvalue weighted by molar-refractivity contribution is 5.81. The molecule has 1 aliphatic heterocycles. The molecule has 0 spiro atoms. The van der Waals surface area contributed by atoms with E-state index in [1.165, 1.54) is 0 Å². The molecule has 1 amide bonds. The average molecular weight is 277 g/mol. The number of amides is 1. The number of hydrogen-bond donors (Lipinski definition) is 0. The molecule has 1 fully saturated rings. The Balaban J connectivity index is 2.01. The van der Waals surface area contributed by atoms with Crippen molar-refractivity contribution in [3.8, 4) is 5.75 Å². The molecule has 1 aromatic carbocycles. The summed E-state index contributed by atoms with van der Waals surface area (Å²) in [5.41, 5.74) is 0. The van der Waals surface area contributed by atoms with Crippen molar-refractivity contribution in [1.29, 1.82) is 0 Å². The fourth-order valence-electron chi connectivity index (χ4n) is 2.53. The Bertz CT molecular complexity index is 425. The molecule has 0 N–H and O–H groups in total. The standard InChI is InChI=1S/C16H23NO3/c1-4-15(20-14-8-6-5-7-9-14)16(18)17-10-12(2)19-13(3)11-17/h5-9,12-13,15H,4,10-11H2,1-3H3/t12-,13-,15+/m1/s1. The molecule has 110 valence electrons. The molecule has 2 rings (SSSR count). The van der Waals surface area contributed by atoms with Gasteiger partial charge in [-0.25, -0.2) is 0 Å². The van der Waals surface area contributed by atoms with Gasteiger partial charge in [-0.2, -0.15) is 0 Å². The first-order chi connectivity index (χ1) is 9.60. The van der Waals surface area contributed by atoms with Gasteiger partial charge in [-0.3, -0.25) is 4.79 Å². The zero-order valence-electron chi connectivity index (χ0n) is 12.4. The number of rotatable bonds is 4. The molecule has 20 heavy (non-hydrogen) atoms. The van der Waals surface area contributed by atoms with Crippen LogP contribution in [0, 0.1) is 0 Å². The SMILES string of the molecule is CC[C@H](Oc1ccccc1)C(=O)N1C[C@@H](C)O[C@H](C)C1. The summed E-state index contributed by atoms with van der Waals surface area (Å²) >= 11 is 0. The van der Waals surface area contributed by atoms with E-state index in [1.807, 2.05) is 56.0 Å². The van der Waals surface area contributed by atoms with Gasteiger partial charge in [0.1, 0.15) is 5.75 Å². The molecule has 1 saturated heterocycles. The van der Waals surface area contributed by atoms with E-state index in [0.717, 1.165) is 5.75 Å². The lowest BCUT2D eigenvalue weighted by Crippen LogP contribution is -2.52. The topological polar surface area (TPSA) is 38.8 Å². The van der Waals surface area contributed by atoms with Gasteiger partial charge in [0.05, 0.1) is 12.2 Å². The molecule has 0 radical (unpaired) electrons. The van der Waals surface area contributed by atoms with Gasteiger partial charge in [0.15, 0.2) is 6.10 Å². The fourth-order valence-corrected chi connectivity index (χ4v) is 2.53. The summed E-state index contributed by atoms with van der Waals surface area (Å²) in [5.74, 6) is 0.792. The Labute approximate surface area is 120 Å². The van der Waals surface area contributed by atoms with E-state index in [9.17, 15) is 4.79 Å². The van der Waals surface area contributed by atoms with Gasteiger partial charge in [-0.1, -0.05) is 25.1 Å². The van der Waals surface area contributed by atoms with Crippen molar-refractivity contribution in [2.75, 3.05) is 13.1 Å². The van der Waals surface area contributed by atoms with Crippen molar-refractivity contribution in [3.05, 3.63) is 30.3 Å². The van der Waals surface area contributed by atoms with E-state index in [0.29, 0.717) is 19.5 Å².